The molecule has 0 amide bonds. The van der Waals surface area contributed by atoms with Crippen LogP contribution >= 0.6 is 0 Å². The number of anilines is 1. The van der Waals surface area contributed by atoms with E-state index in [2.05, 4.69) is 16.6 Å². The highest BCUT2D eigenvalue weighted by Gasteiger charge is 2.20. The van der Waals surface area contributed by atoms with Gasteiger partial charge in [0.05, 0.1) is 22.4 Å². The molecule has 0 aliphatic carbocycles. The Bertz CT molecular complexity index is 1020. The van der Waals surface area contributed by atoms with Crippen molar-refractivity contribution < 1.29 is 12.8 Å². The minimum atomic E-state index is -3.83. The molecular weight excluding hydrogens is 341 g/mol. The van der Waals surface area contributed by atoms with E-state index < -0.39 is 15.8 Å². The number of sulfonamides is 1. The largest absolute Gasteiger partial charge is 0.331 e. The number of halogens is 1. The van der Waals surface area contributed by atoms with E-state index in [9.17, 15) is 12.8 Å². The first kappa shape index (κ1) is 17.4. The smallest absolute Gasteiger partial charge is 0.261 e. The standard InChI is InChI=1S/C18H20FN3O2S/c1-4-9-22-11-20-18-16(22)10-12(2)13(3)17(18)21-25(23,24)15-7-5-14(19)6-8-15/h5-8,10-11,21H,4,9H2,1-3H3. The number of hydrogen-bond acceptors (Lipinski definition) is 3. The van der Waals surface area contributed by atoms with Gasteiger partial charge in [-0.1, -0.05) is 6.92 Å². The maximum atomic E-state index is 13.1. The Morgan fingerprint density at radius 3 is 2.52 bits per heavy atom. The van der Waals surface area contributed by atoms with Crippen molar-refractivity contribution in [3.63, 3.8) is 0 Å². The van der Waals surface area contributed by atoms with Gasteiger partial charge in [-0.2, -0.15) is 0 Å². The lowest BCUT2D eigenvalue weighted by atomic mass is 10.1. The van der Waals surface area contributed by atoms with Crippen molar-refractivity contribution >= 4 is 26.7 Å². The van der Waals surface area contributed by atoms with E-state index in [1.807, 2.05) is 24.5 Å². The summed E-state index contributed by atoms with van der Waals surface area (Å²) in [6.45, 7) is 6.68. The molecule has 1 heterocycles. The number of aromatic nitrogens is 2. The van der Waals surface area contributed by atoms with Gasteiger partial charge in [-0.3, -0.25) is 4.72 Å². The Hall–Kier alpha value is -2.41. The van der Waals surface area contributed by atoms with E-state index in [4.69, 9.17) is 0 Å². The van der Waals surface area contributed by atoms with Crippen LogP contribution in [0, 0.1) is 19.7 Å². The van der Waals surface area contributed by atoms with E-state index in [1.165, 1.54) is 12.1 Å². The van der Waals surface area contributed by atoms with Crippen molar-refractivity contribution in [1.82, 2.24) is 9.55 Å². The lowest BCUT2D eigenvalue weighted by molar-refractivity contribution is 0.599. The predicted molar refractivity (Wildman–Crippen MR) is 96.7 cm³/mol. The van der Waals surface area contributed by atoms with Gasteiger partial charge in [-0.25, -0.2) is 17.8 Å². The van der Waals surface area contributed by atoms with Crippen molar-refractivity contribution in [3.05, 3.63) is 53.6 Å². The number of benzene rings is 2. The van der Waals surface area contributed by atoms with Gasteiger partial charge in [-0.15, -0.1) is 0 Å². The lowest BCUT2D eigenvalue weighted by Gasteiger charge is -2.14. The second-order valence-corrected chi connectivity index (χ2v) is 7.74. The summed E-state index contributed by atoms with van der Waals surface area (Å²) in [4.78, 5) is 4.42. The minimum absolute atomic E-state index is 0.0101. The second kappa shape index (κ2) is 6.48. The highest BCUT2D eigenvalue weighted by Crippen LogP contribution is 2.31. The molecule has 0 aliphatic rings. The molecule has 132 valence electrons. The Morgan fingerprint density at radius 1 is 1.20 bits per heavy atom. The molecule has 0 atom stereocenters. The zero-order valence-corrected chi connectivity index (χ0v) is 15.2. The molecule has 5 nitrogen and oxygen atoms in total. The molecule has 0 saturated carbocycles. The van der Waals surface area contributed by atoms with Crippen molar-refractivity contribution in [1.29, 1.82) is 0 Å². The fraction of sp³-hybridized carbons (Fsp3) is 0.278. The van der Waals surface area contributed by atoms with Crippen LogP contribution in [0.25, 0.3) is 11.0 Å². The van der Waals surface area contributed by atoms with E-state index in [1.54, 1.807) is 6.33 Å². The van der Waals surface area contributed by atoms with Gasteiger partial charge in [0.1, 0.15) is 11.3 Å². The van der Waals surface area contributed by atoms with Crippen molar-refractivity contribution in [3.8, 4) is 0 Å². The number of imidazole rings is 1. The topological polar surface area (TPSA) is 64.0 Å². The Labute approximate surface area is 146 Å². The van der Waals surface area contributed by atoms with Crippen molar-refractivity contribution in [2.45, 2.75) is 38.6 Å². The number of fused-ring (bicyclic) bond motifs is 1. The quantitative estimate of drug-likeness (QED) is 0.747. The third-order valence-corrected chi connectivity index (χ3v) is 5.63. The predicted octanol–water partition coefficient (Wildman–Crippen LogP) is 4.00. The van der Waals surface area contributed by atoms with Crippen LogP contribution in [0.5, 0.6) is 0 Å². The molecule has 0 fully saturated rings. The zero-order chi connectivity index (χ0) is 18.2. The molecule has 25 heavy (non-hydrogen) atoms. The van der Waals surface area contributed by atoms with Crippen LogP contribution in [0.3, 0.4) is 0 Å². The van der Waals surface area contributed by atoms with E-state index >= 15 is 0 Å². The summed E-state index contributed by atoms with van der Waals surface area (Å²) in [7, 11) is -3.83. The van der Waals surface area contributed by atoms with Gasteiger partial charge in [0.25, 0.3) is 10.0 Å². The molecule has 0 saturated heterocycles. The molecular formula is C18H20FN3O2S. The van der Waals surface area contributed by atoms with Gasteiger partial charge in [-0.05, 0) is 61.7 Å². The summed E-state index contributed by atoms with van der Waals surface area (Å²) < 4.78 is 43.1. The molecule has 0 bridgehead atoms. The Kier molecular flexibility index (Phi) is 4.51. The maximum absolute atomic E-state index is 13.1. The zero-order valence-electron chi connectivity index (χ0n) is 14.4. The Balaban J connectivity index is 2.12. The summed E-state index contributed by atoms with van der Waals surface area (Å²) in [5, 5.41) is 0. The SMILES string of the molecule is CCCn1cnc2c(NS(=O)(=O)c3ccc(F)cc3)c(C)c(C)cc21. The average Bonchev–Trinajstić information content (AvgIpc) is 2.95. The van der Waals surface area contributed by atoms with Crippen LogP contribution in [0.4, 0.5) is 10.1 Å². The fourth-order valence-corrected chi connectivity index (χ4v) is 3.91. The normalized spacial score (nSPS) is 11.8. The molecule has 0 unspecified atom stereocenters. The van der Waals surface area contributed by atoms with Crippen LogP contribution in [0.15, 0.2) is 41.6 Å². The Morgan fingerprint density at radius 2 is 1.88 bits per heavy atom. The van der Waals surface area contributed by atoms with Gasteiger partial charge in [0.2, 0.25) is 0 Å². The molecule has 7 heteroatoms. The number of aryl methyl sites for hydroxylation is 2. The van der Waals surface area contributed by atoms with Gasteiger partial charge in [0.15, 0.2) is 0 Å². The maximum Gasteiger partial charge on any atom is 0.261 e. The van der Waals surface area contributed by atoms with Gasteiger partial charge in [0, 0.05) is 6.54 Å². The highest BCUT2D eigenvalue weighted by atomic mass is 32.2. The van der Waals surface area contributed by atoms with Crippen LogP contribution in [-0.2, 0) is 16.6 Å². The van der Waals surface area contributed by atoms with Gasteiger partial charge < -0.3 is 4.57 Å². The lowest BCUT2D eigenvalue weighted by Crippen LogP contribution is -2.14. The summed E-state index contributed by atoms with van der Waals surface area (Å²) in [5.41, 5.74) is 3.76. The third kappa shape index (κ3) is 3.24. The third-order valence-electron chi connectivity index (χ3n) is 4.26. The summed E-state index contributed by atoms with van der Waals surface area (Å²) in [5.74, 6) is -0.480. The second-order valence-electron chi connectivity index (χ2n) is 6.06. The summed E-state index contributed by atoms with van der Waals surface area (Å²) in [6, 6.07) is 6.76. The van der Waals surface area contributed by atoms with Gasteiger partial charge >= 0.3 is 0 Å². The number of hydrogen-bond donors (Lipinski definition) is 1. The van der Waals surface area contributed by atoms with Crippen molar-refractivity contribution in [2.75, 3.05) is 4.72 Å². The summed E-state index contributed by atoms with van der Waals surface area (Å²) in [6.07, 6.45) is 2.68. The first-order chi connectivity index (χ1) is 11.8. The van der Waals surface area contributed by atoms with Crippen LogP contribution in [0.2, 0.25) is 0 Å². The molecule has 0 radical (unpaired) electrons. The molecule has 1 aromatic heterocycles. The average molecular weight is 361 g/mol. The van der Waals surface area contributed by atoms with Crippen LogP contribution in [0.1, 0.15) is 24.5 Å². The first-order valence-corrected chi connectivity index (χ1v) is 9.55. The summed E-state index contributed by atoms with van der Waals surface area (Å²) >= 11 is 0. The van der Waals surface area contributed by atoms with Crippen LogP contribution in [-0.4, -0.2) is 18.0 Å². The van der Waals surface area contributed by atoms with E-state index in [0.717, 1.165) is 41.7 Å². The number of nitrogens with one attached hydrogen (secondary N) is 1. The molecule has 3 aromatic rings. The number of nitrogens with zero attached hydrogens (tertiary/aromatic N) is 2. The minimum Gasteiger partial charge on any atom is -0.331 e. The van der Waals surface area contributed by atoms with E-state index in [-0.39, 0.29) is 4.90 Å². The molecule has 0 spiro atoms. The number of rotatable bonds is 5. The van der Waals surface area contributed by atoms with Crippen molar-refractivity contribution in [2.24, 2.45) is 0 Å². The van der Waals surface area contributed by atoms with Crippen LogP contribution < -0.4 is 4.72 Å². The van der Waals surface area contributed by atoms with E-state index in [0.29, 0.717) is 11.2 Å². The molecule has 2 aromatic carbocycles. The highest BCUT2D eigenvalue weighted by molar-refractivity contribution is 7.92. The fourth-order valence-electron chi connectivity index (χ4n) is 2.77. The molecule has 1 N–H and O–H groups in total. The monoisotopic (exact) mass is 361 g/mol. The molecule has 3 rings (SSSR count). The first-order valence-electron chi connectivity index (χ1n) is 8.07. The molecule has 0 aliphatic heterocycles.